The maximum atomic E-state index is 2.53. The van der Waals surface area contributed by atoms with Crippen molar-refractivity contribution >= 4 is 35.7 Å². The van der Waals surface area contributed by atoms with Gasteiger partial charge in [0.25, 0.3) is 0 Å². The van der Waals surface area contributed by atoms with E-state index in [-0.39, 0.29) is 0 Å². The van der Waals surface area contributed by atoms with Crippen LogP contribution in [0.25, 0.3) is 0 Å². The molecule has 0 aliphatic heterocycles. The summed E-state index contributed by atoms with van der Waals surface area (Å²) in [6.07, 6.45) is 4.12. The zero-order valence-corrected chi connectivity index (χ0v) is 20.8. The molecule has 0 nitrogen and oxygen atoms in total. The van der Waals surface area contributed by atoms with Crippen molar-refractivity contribution in [3.63, 3.8) is 0 Å². The molecule has 0 saturated heterocycles. The van der Waals surface area contributed by atoms with Gasteiger partial charge in [0.05, 0.1) is 0 Å². The molecular weight excluding hydrogens is 409 g/mol. The number of hydrogen-bond donors (Lipinski definition) is 0. The van der Waals surface area contributed by atoms with Gasteiger partial charge in [-0.05, 0) is 59.4 Å². The molecule has 0 aliphatic rings. The average Bonchev–Trinajstić information content (AvgIpc) is 2.41. The highest BCUT2D eigenvalue weighted by molar-refractivity contribution is 14.1. The summed E-state index contributed by atoms with van der Waals surface area (Å²) in [5, 5.41) is 0. The second-order valence-corrected chi connectivity index (χ2v) is 13.4. The molecule has 5 atom stereocenters. The first-order valence-corrected chi connectivity index (χ1v) is 12.5. The van der Waals surface area contributed by atoms with E-state index in [1.807, 2.05) is 0 Å². The molecule has 0 aromatic heterocycles. The summed E-state index contributed by atoms with van der Waals surface area (Å²) in [7, 11) is 1.12. The van der Waals surface area contributed by atoms with E-state index in [1.165, 1.54) is 23.9 Å². The van der Waals surface area contributed by atoms with Gasteiger partial charge < -0.3 is 0 Å². The van der Waals surface area contributed by atoms with Gasteiger partial charge in [0.1, 0.15) is 0 Å². The third-order valence-corrected chi connectivity index (χ3v) is 9.43. The summed E-state index contributed by atoms with van der Waals surface area (Å²) in [5.41, 5.74) is 0.914. The van der Waals surface area contributed by atoms with E-state index in [1.54, 1.807) is 0 Å². The Morgan fingerprint density at radius 3 is 1.87 bits per heavy atom. The van der Waals surface area contributed by atoms with E-state index >= 15 is 0 Å². The van der Waals surface area contributed by atoms with Crippen LogP contribution >= 0.6 is 30.8 Å². The van der Waals surface area contributed by atoms with Crippen LogP contribution in [-0.4, -0.2) is 11.0 Å². The monoisotopic (exact) mass is 452 g/mol. The van der Waals surface area contributed by atoms with E-state index in [4.69, 9.17) is 0 Å². The average molecular weight is 452 g/mol. The quantitative estimate of drug-likeness (QED) is 0.174. The second-order valence-electron chi connectivity index (χ2n) is 9.97. The highest BCUT2D eigenvalue weighted by Crippen LogP contribution is 2.45. The van der Waals surface area contributed by atoms with Crippen molar-refractivity contribution in [2.75, 3.05) is 6.16 Å². The lowest BCUT2D eigenvalue weighted by Gasteiger charge is -2.42. The maximum absolute atomic E-state index is 2.53. The van der Waals surface area contributed by atoms with E-state index in [9.17, 15) is 0 Å². The normalized spacial score (nSPS) is 19.1. The van der Waals surface area contributed by atoms with Crippen LogP contribution in [0, 0.1) is 40.4 Å². The molecule has 0 amide bonds. The van der Waals surface area contributed by atoms with Crippen molar-refractivity contribution in [2.45, 2.75) is 82.1 Å². The second kappa shape index (κ2) is 10.4. The van der Waals surface area contributed by atoms with Crippen LogP contribution in [0.2, 0.25) is 0 Å². The van der Waals surface area contributed by atoms with Crippen molar-refractivity contribution in [1.29, 1.82) is 0 Å². The van der Waals surface area contributed by atoms with Crippen LogP contribution in [0.15, 0.2) is 0 Å². The minimum absolute atomic E-state index is 0.430. The molecule has 0 bridgehead atoms. The van der Waals surface area contributed by atoms with Gasteiger partial charge in [-0.25, -0.2) is 0 Å². The zero-order valence-electron chi connectivity index (χ0n) is 17.6. The molecule has 23 heavy (non-hydrogen) atoms. The number of hydrogen-bond acceptors (Lipinski definition) is 0. The standard InChI is InChI=1S/C20H43BIP/c1-14(2)17(5)15(3)11-16(4)18(6)20(9,10)12-19(7,8)13-23-21-22/h14-18,21,23H,11-13H2,1-10H3. The molecule has 0 aromatic rings. The molecule has 3 heteroatoms. The Morgan fingerprint density at radius 1 is 0.913 bits per heavy atom. The number of rotatable bonds is 11. The molecule has 0 aliphatic carbocycles. The van der Waals surface area contributed by atoms with Crippen molar-refractivity contribution in [2.24, 2.45) is 40.4 Å². The van der Waals surface area contributed by atoms with Crippen molar-refractivity contribution in [3.8, 4) is 0 Å². The fraction of sp³-hybridized carbons (Fsp3) is 1.00. The van der Waals surface area contributed by atoms with Crippen LogP contribution < -0.4 is 0 Å². The summed E-state index contributed by atoms with van der Waals surface area (Å²) in [6.45, 7) is 24.6. The molecule has 0 spiro atoms. The largest absolute Gasteiger partial charge is 0.225 e. The van der Waals surface area contributed by atoms with Gasteiger partial charge in [0, 0.05) is 0 Å². The van der Waals surface area contributed by atoms with Gasteiger partial charge >= 0.3 is 0 Å². The van der Waals surface area contributed by atoms with E-state index < -0.39 is 0 Å². The Morgan fingerprint density at radius 2 is 1.43 bits per heavy atom. The van der Waals surface area contributed by atoms with Crippen LogP contribution in [0.5, 0.6) is 0 Å². The molecule has 0 fully saturated rings. The lowest BCUT2D eigenvalue weighted by atomic mass is 9.64. The Bertz CT molecular complexity index is 328. The predicted octanol–water partition coefficient (Wildman–Crippen LogP) is 7.40. The highest BCUT2D eigenvalue weighted by Gasteiger charge is 2.36. The summed E-state index contributed by atoms with van der Waals surface area (Å²) < 4.78 is 0. The Balaban J connectivity index is 4.74. The van der Waals surface area contributed by atoms with E-state index in [0.29, 0.717) is 10.8 Å². The maximum Gasteiger partial charge on any atom is 0.225 e. The van der Waals surface area contributed by atoms with Gasteiger partial charge in [-0.2, -0.15) is 0 Å². The molecular formula is C20H43BIP. The molecule has 0 rings (SSSR count). The van der Waals surface area contributed by atoms with Crippen molar-refractivity contribution < 1.29 is 0 Å². The molecule has 0 N–H and O–H groups in total. The molecule has 0 saturated carbocycles. The van der Waals surface area contributed by atoms with Gasteiger partial charge in [-0.1, -0.05) is 69.2 Å². The van der Waals surface area contributed by atoms with E-state index in [0.717, 1.165) is 38.0 Å². The lowest BCUT2D eigenvalue weighted by Crippen LogP contribution is -2.34. The summed E-state index contributed by atoms with van der Waals surface area (Å²) in [5.74, 6) is 4.05. The smallest absolute Gasteiger partial charge is 0.148 e. The van der Waals surface area contributed by atoms with Gasteiger partial charge in [0.15, 0.2) is 0 Å². The summed E-state index contributed by atoms with van der Waals surface area (Å²) in [4.78, 5) is 1.32. The highest BCUT2D eigenvalue weighted by atomic mass is 127. The number of halogens is 1. The van der Waals surface area contributed by atoms with Gasteiger partial charge in [0.2, 0.25) is 4.86 Å². The Labute approximate surface area is 164 Å². The van der Waals surface area contributed by atoms with Crippen LogP contribution in [0.4, 0.5) is 0 Å². The fourth-order valence-electron chi connectivity index (χ4n) is 4.28. The third kappa shape index (κ3) is 8.93. The first-order valence-electron chi connectivity index (χ1n) is 9.60. The molecule has 0 aromatic carbocycles. The van der Waals surface area contributed by atoms with Crippen LogP contribution in [0.1, 0.15) is 82.1 Å². The van der Waals surface area contributed by atoms with Crippen LogP contribution in [0.3, 0.4) is 0 Å². The first kappa shape index (κ1) is 24.2. The topological polar surface area (TPSA) is 0 Å². The van der Waals surface area contributed by atoms with E-state index in [2.05, 4.69) is 91.6 Å². The van der Waals surface area contributed by atoms with Crippen LogP contribution in [-0.2, 0) is 0 Å². The lowest BCUT2D eigenvalue weighted by molar-refractivity contribution is 0.0874. The zero-order chi connectivity index (χ0) is 18.4. The minimum atomic E-state index is 0.430. The predicted molar refractivity (Wildman–Crippen MR) is 123 cm³/mol. The Kier molecular flexibility index (Phi) is 10.9. The van der Waals surface area contributed by atoms with Crippen molar-refractivity contribution in [3.05, 3.63) is 0 Å². The molecule has 0 heterocycles. The fourth-order valence-corrected chi connectivity index (χ4v) is 5.98. The first-order chi connectivity index (χ1) is 10.3. The van der Waals surface area contributed by atoms with Gasteiger partial charge in [-0.15, -0.1) is 30.8 Å². The molecule has 138 valence electrons. The molecule has 0 radical (unpaired) electrons. The third-order valence-electron chi connectivity index (χ3n) is 6.41. The summed E-state index contributed by atoms with van der Waals surface area (Å²) in [6, 6.07) is 0. The Hall–Kier alpha value is 1.22. The van der Waals surface area contributed by atoms with Crippen molar-refractivity contribution in [1.82, 2.24) is 0 Å². The minimum Gasteiger partial charge on any atom is -0.148 e. The van der Waals surface area contributed by atoms with Gasteiger partial charge in [-0.3, -0.25) is 0 Å². The molecule has 5 unspecified atom stereocenters. The SMILES string of the molecule is CC(C)C(C)C(C)CC(C)C(C)C(C)(C)CC(C)(C)CPBI. The summed E-state index contributed by atoms with van der Waals surface area (Å²) >= 11 is 2.53.